The Morgan fingerprint density at radius 3 is 2.95 bits per heavy atom. The molecule has 0 radical (unpaired) electrons. The molecule has 22 heavy (non-hydrogen) atoms. The summed E-state index contributed by atoms with van der Waals surface area (Å²) in [4.78, 5) is 19.6. The molecule has 0 fully saturated rings. The van der Waals surface area contributed by atoms with E-state index in [1.54, 1.807) is 0 Å². The molecule has 0 bridgehead atoms. The predicted molar refractivity (Wildman–Crippen MR) is 86.9 cm³/mol. The average molecular weight is 315 g/mol. The molecule has 1 aromatic carbocycles. The molecule has 6 nitrogen and oxygen atoms in total. The minimum absolute atomic E-state index is 0.0698. The van der Waals surface area contributed by atoms with Crippen molar-refractivity contribution in [1.29, 1.82) is 0 Å². The van der Waals surface area contributed by atoms with Crippen molar-refractivity contribution in [2.24, 2.45) is 0 Å². The number of hydrogen-bond acceptors (Lipinski definition) is 5. The van der Waals surface area contributed by atoms with E-state index in [0.717, 1.165) is 34.7 Å². The topological polar surface area (TPSA) is 83.6 Å². The molecule has 0 saturated carbocycles. The molecule has 114 valence electrons. The zero-order valence-electron chi connectivity index (χ0n) is 12.3. The van der Waals surface area contributed by atoms with E-state index in [-0.39, 0.29) is 5.91 Å². The maximum Gasteiger partial charge on any atom is 0.226 e. The van der Waals surface area contributed by atoms with Gasteiger partial charge in [0.2, 0.25) is 11.0 Å². The van der Waals surface area contributed by atoms with Crippen LogP contribution >= 0.6 is 11.3 Å². The van der Waals surface area contributed by atoms with Gasteiger partial charge in [-0.25, -0.2) is 4.98 Å². The summed E-state index contributed by atoms with van der Waals surface area (Å²) < 4.78 is 0. The van der Waals surface area contributed by atoms with Crippen LogP contribution < -0.4 is 5.32 Å². The molecular weight excluding hydrogens is 298 g/mol. The lowest BCUT2D eigenvalue weighted by atomic mass is 10.3. The lowest BCUT2D eigenvalue weighted by Crippen LogP contribution is -2.12. The van der Waals surface area contributed by atoms with E-state index >= 15 is 0 Å². The Kier molecular flexibility index (Phi) is 4.43. The Balaban J connectivity index is 1.55. The predicted octanol–water partition coefficient (Wildman–Crippen LogP) is 2.94. The minimum Gasteiger partial charge on any atom is -0.342 e. The SMILES string of the molecule is CCCc1nnc(NC(=O)CCc2nc3ccccc3[nH]2)s1. The molecule has 7 heteroatoms. The van der Waals surface area contributed by atoms with E-state index < -0.39 is 0 Å². The molecule has 2 N–H and O–H groups in total. The summed E-state index contributed by atoms with van der Waals surface area (Å²) in [5.74, 6) is 0.750. The maximum atomic E-state index is 12.0. The van der Waals surface area contributed by atoms with Crippen LogP contribution in [0.1, 0.15) is 30.6 Å². The lowest BCUT2D eigenvalue weighted by molar-refractivity contribution is -0.116. The number of anilines is 1. The van der Waals surface area contributed by atoms with Crippen LogP contribution in [0.2, 0.25) is 0 Å². The van der Waals surface area contributed by atoms with Crippen LogP contribution in [0.5, 0.6) is 0 Å². The second kappa shape index (κ2) is 6.65. The van der Waals surface area contributed by atoms with Crippen molar-refractivity contribution in [2.75, 3.05) is 5.32 Å². The number of para-hydroxylation sites is 2. The summed E-state index contributed by atoms with van der Waals surface area (Å²) in [5, 5.41) is 12.3. The Morgan fingerprint density at radius 2 is 2.14 bits per heavy atom. The van der Waals surface area contributed by atoms with Crippen molar-refractivity contribution < 1.29 is 4.79 Å². The van der Waals surface area contributed by atoms with Gasteiger partial charge in [0.25, 0.3) is 0 Å². The fourth-order valence-corrected chi connectivity index (χ4v) is 3.01. The number of carbonyl (C=O) groups excluding carboxylic acids is 1. The number of fused-ring (bicyclic) bond motifs is 1. The van der Waals surface area contributed by atoms with Crippen molar-refractivity contribution in [1.82, 2.24) is 20.2 Å². The quantitative estimate of drug-likeness (QED) is 0.732. The number of aryl methyl sites for hydroxylation is 2. The van der Waals surface area contributed by atoms with Crippen molar-refractivity contribution >= 4 is 33.4 Å². The summed E-state index contributed by atoms with van der Waals surface area (Å²) in [5.41, 5.74) is 1.91. The van der Waals surface area contributed by atoms with Crippen molar-refractivity contribution in [2.45, 2.75) is 32.6 Å². The van der Waals surface area contributed by atoms with Crippen LogP contribution in [0.4, 0.5) is 5.13 Å². The first-order valence-corrected chi connectivity index (χ1v) is 8.12. The largest absolute Gasteiger partial charge is 0.342 e. The standard InChI is InChI=1S/C15H17N5OS/c1-2-5-14-19-20-15(22-14)18-13(21)9-8-12-16-10-6-3-4-7-11(10)17-12/h3-4,6-7H,2,5,8-9H2,1H3,(H,16,17)(H,18,20,21). The van der Waals surface area contributed by atoms with Crippen LogP contribution in [-0.4, -0.2) is 26.1 Å². The van der Waals surface area contributed by atoms with Crippen LogP contribution in [0.15, 0.2) is 24.3 Å². The molecule has 0 atom stereocenters. The number of nitrogens with one attached hydrogen (secondary N) is 2. The van der Waals surface area contributed by atoms with Gasteiger partial charge in [0.15, 0.2) is 0 Å². The second-order valence-electron chi connectivity index (χ2n) is 5.00. The number of amides is 1. The molecule has 0 spiro atoms. The number of nitrogens with zero attached hydrogens (tertiary/aromatic N) is 3. The Hall–Kier alpha value is -2.28. The first-order valence-electron chi connectivity index (χ1n) is 7.30. The number of aromatic nitrogens is 4. The zero-order valence-corrected chi connectivity index (χ0v) is 13.1. The Labute approximate surface area is 132 Å². The van der Waals surface area contributed by atoms with Gasteiger partial charge in [-0.2, -0.15) is 0 Å². The molecule has 2 heterocycles. The summed E-state index contributed by atoms with van der Waals surface area (Å²) in [6, 6.07) is 7.83. The third-order valence-electron chi connectivity index (χ3n) is 3.20. The lowest BCUT2D eigenvalue weighted by Gasteiger charge is -1.99. The Bertz CT molecular complexity index is 746. The van der Waals surface area contributed by atoms with Gasteiger partial charge in [0.1, 0.15) is 10.8 Å². The number of aromatic amines is 1. The average Bonchev–Trinajstić information content (AvgIpc) is 3.12. The fraction of sp³-hybridized carbons (Fsp3) is 0.333. The summed E-state index contributed by atoms with van der Waals surface area (Å²) in [6.07, 6.45) is 2.85. The highest BCUT2D eigenvalue weighted by Crippen LogP contribution is 2.17. The van der Waals surface area contributed by atoms with Gasteiger partial charge in [-0.3, -0.25) is 4.79 Å². The third-order valence-corrected chi connectivity index (χ3v) is 4.10. The van der Waals surface area contributed by atoms with Gasteiger partial charge in [-0.05, 0) is 18.6 Å². The highest BCUT2D eigenvalue weighted by Gasteiger charge is 2.09. The number of rotatable bonds is 6. The second-order valence-corrected chi connectivity index (χ2v) is 6.06. The minimum atomic E-state index is -0.0698. The summed E-state index contributed by atoms with van der Waals surface area (Å²) >= 11 is 1.43. The van der Waals surface area contributed by atoms with E-state index in [0.29, 0.717) is 18.0 Å². The first kappa shape index (κ1) is 14.6. The van der Waals surface area contributed by atoms with E-state index in [4.69, 9.17) is 0 Å². The van der Waals surface area contributed by atoms with E-state index in [1.807, 2.05) is 24.3 Å². The van der Waals surface area contributed by atoms with Gasteiger partial charge < -0.3 is 10.3 Å². The van der Waals surface area contributed by atoms with Crippen LogP contribution in [-0.2, 0) is 17.6 Å². The van der Waals surface area contributed by atoms with Gasteiger partial charge in [-0.15, -0.1) is 10.2 Å². The smallest absolute Gasteiger partial charge is 0.226 e. The Morgan fingerprint density at radius 1 is 1.27 bits per heavy atom. The van der Waals surface area contributed by atoms with Gasteiger partial charge in [0.05, 0.1) is 11.0 Å². The molecule has 0 saturated heterocycles. The molecule has 3 rings (SSSR count). The summed E-state index contributed by atoms with van der Waals surface area (Å²) in [6.45, 7) is 2.09. The molecule has 0 aliphatic rings. The van der Waals surface area contributed by atoms with Gasteiger partial charge in [-0.1, -0.05) is 30.4 Å². The molecule has 0 aliphatic carbocycles. The molecule has 0 aliphatic heterocycles. The van der Waals surface area contributed by atoms with E-state index in [2.05, 4.69) is 32.4 Å². The maximum absolute atomic E-state index is 12.0. The monoisotopic (exact) mass is 315 g/mol. The highest BCUT2D eigenvalue weighted by molar-refractivity contribution is 7.15. The van der Waals surface area contributed by atoms with Gasteiger partial charge in [0, 0.05) is 19.3 Å². The number of benzene rings is 1. The molecule has 2 aromatic heterocycles. The van der Waals surface area contributed by atoms with Crippen molar-refractivity contribution in [3.63, 3.8) is 0 Å². The normalized spacial score (nSPS) is 11.0. The summed E-state index contributed by atoms with van der Waals surface area (Å²) in [7, 11) is 0. The number of hydrogen-bond donors (Lipinski definition) is 2. The zero-order chi connectivity index (χ0) is 15.4. The molecule has 0 unspecified atom stereocenters. The van der Waals surface area contributed by atoms with E-state index in [1.165, 1.54) is 11.3 Å². The van der Waals surface area contributed by atoms with Crippen molar-refractivity contribution in [3.8, 4) is 0 Å². The van der Waals surface area contributed by atoms with Gasteiger partial charge >= 0.3 is 0 Å². The number of H-pyrrole nitrogens is 1. The number of imidazole rings is 1. The van der Waals surface area contributed by atoms with Crippen LogP contribution in [0.3, 0.4) is 0 Å². The highest BCUT2D eigenvalue weighted by atomic mass is 32.1. The molecule has 1 amide bonds. The van der Waals surface area contributed by atoms with Crippen LogP contribution in [0, 0.1) is 0 Å². The number of carbonyl (C=O) groups is 1. The first-order chi connectivity index (χ1) is 10.7. The third kappa shape index (κ3) is 3.48. The van der Waals surface area contributed by atoms with E-state index in [9.17, 15) is 4.79 Å². The molecule has 3 aromatic rings. The fourth-order valence-electron chi connectivity index (χ4n) is 2.16. The van der Waals surface area contributed by atoms with Crippen molar-refractivity contribution in [3.05, 3.63) is 35.1 Å². The van der Waals surface area contributed by atoms with Crippen LogP contribution in [0.25, 0.3) is 11.0 Å². The molecular formula is C15H17N5OS.